The molecule has 2 fully saturated rings. The quantitative estimate of drug-likeness (QED) is 0.787. The smallest absolute Gasteiger partial charge is 0.270 e. The average Bonchev–Trinajstić information content (AvgIpc) is 2.91. The second-order valence-electron chi connectivity index (χ2n) is 4.54. The maximum absolute atomic E-state index is 12.9. The second-order valence-corrected chi connectivity index (χ2v) is 4.54. The number of aromatic nitrogens is 1. The van der Waals surface area contributed by atoms with E-state index < -0.39 is 5.95 Å². The Morgan fingerprint density at radius 2 is 2.35 bits per heavy atom. The number of amides is 1. The third-order valence-electron chi connectivity index (χ3n) is 3.37. The van der Waals surface area contributed by atoms with Crippen LogP contribution in [0.3, 0.4) is 0 Å². The molecule has 0 radical (unpaired) electrons. The molecule has 90 valence electrons. The molecule has 5 heteroatoms. The zero-order valence-corrected chi connectivity index (χ0v) is 9.23. The fourth-order valence-corrected chi connectivity index (χ4v) is 2.57. The monoisotopic (exact) mass is 236 g/mol. The maximum atomic E-state index is 12.9. The molecule has 2 aliphatic rings. The van der Waals surface area contributed by atoms with E-state index >= 15 is 0 Å². The molecule has 4 nitrogen and oxygen atoms in total. The number of rotatable bonds is 2. The largest absolute Gasteiger partial charge is 0.373 e. The molecule has 17 heavy (non-hydrogen) atoms. The molecule has 0 saturated carbocycles. The zero-order valence-electron chi connectivity index (χ0n) is 9.23. The lowest BCUT2D eigenvalue weighted by molar-refractivity contribution is 0.0836. The van der Waals surface area contributed by atoms with Crippen LogP contribution in [0, 0.1) is 5.95 Å². The topological polar surface area (TPSA) is 51.2 Å². The Bertz CT molecular complexity index is 452. The third-order valence-corrected chi connectivity index (χ3v) is 3.37. The Hall–Kier alpha value is -1.49. The summed E-state index contributed by atoms with van der Waals surface area (Å²) in [5, 5.41) is 2.86. The van der Waals surface area contributed by atoms with Gasteiger partial charge in [-0.25, -0.2) is 4.98 Å². The van der Waals surface area contributed by atoms with E-state index in [-0.39, 0.29) is 29.9 Å². The predicted molar refractivity (Wildman–Crippen MR) is 58.0 cm³/mol. The lowest BCUT2D eigenvalue weighted by Crippen LogP contribution is -2.41. The number of nitrogens with one attached hydrogen (secondary N) is 1. The first kappa shape index (κ1) is 10.7. The van der Waals surface area contributed by atoms with E-state index in [0.717, 1.165) is 19.3 Å². The van der Waals surface area contributed by atoms with Gasteiger partial charge in [0, 0.05) is 0 Å². The van der Waals surface area contributed by atoms with Gasteiger partial charge in [-0.15, -0.1) is 0 Å². The summed E-state index contributed by atoms with van der Waals surface area (Å²) in [5.74, 6) is -0.965. The van der Waals surface area contributed by atoms with Crippen LogP contribution in [0.5, 0.6) is 0 Å². The summed E-state index contributed by atoms with van der Waals surface area (Å²) < 4.78 is 18.5. The molecule has 3 rings (SSSR count). The van der Waals surface area contributed by atoms with Gasteiger partial charge in [-0.05, 0) is 31.4 Å². The molecular formula is C12H13FN2O2. The van der Waals surface area contributed by atoms with Gasteiger partial charge in [0.1, 0.15) is 5.69 Å². The summed E-state index contributed by atoms with van der Waals surface area (Å²) in [6.07, 6.45) is 3.33. The summed E-state index contributed by atoms with van der Waals surface area (Å²) in [7, 11) is 0. The van der Waals surface area contributed by atoms with Crippen LogP contribution in [0.15, 0.2) is 18.2 Å². The molecule has 2 saturated heterocycles. The van der Waals surface area contributed by atoms with Crippen LogP contribution >= 0.6 is 0 Å². The Morgan fingerprint density at radius 3 is 3.00 bits per heavy atom. The highest BCUT2D eigenvalue weighted by molar-refractivity contribution is 5.92. The van der Waals surface area contributed by atoms with Gasteiger partial charge in [0.05, 0.1) is 18.2 Å². The average molecular weight is 236 g/mol. The van der Waals surface area contributed by atoms with Gasteiger partial charge in [-0.1, -0.05) is 6.07 Å². The molecule has 1 N–H and O–H groups in total. The summed E-state index contributed by atoms with van der Waals surface area (Å²) in [4.78, 5) is 15.4. The molecule has 1 amide bonds. The predicted octanol–water partition coefficient (Wildman–Crippen LogP) is 1.27. The van der Waals surface area contributed by atoms with Crippen molar-refractivity contribution in [1.29, 1.82) is 0 Å². The number of hydrogen-bond donors (Lipinski definition) is 1. The maximum Gasteiger partial charge on any atom is 0.270 e. The third kappa shape index (κ3) is 2.02. The van der Waals surface area contributed by atoms with Crippen LogP contribution in [-0.4, -0.2) is 29.1 Å². The van der Waals surface area contributed by atoms with Crippen molar-refractivity contribution in [2.24, 2.45) is 0 Å². The van der Waals surface area contributed by atoms with E-state index in [1.165, 1.54) is 18.2 Å². The number of ether oxygens (including phenoxy) is 1. The molecule has 3 heterocycles. The van der Waals surface area contributed by atoms with Gasteiger partial charge in [0.2, 0.25) is 5.95 Å². The fraction of sp³-hybridized carbons (Fsp3) is 0.500. The number of nitrogens with zero attached hydrogens (tertiary/aromatic N) is 1. The van der Waals surface area contributed by atoms with Crippen molar-refractivity contribution in [1.82, 2.24) is 10.3 Å². The molecule has 2 aliphatic heterocycles. The first-order valence-corrected chi connectivity index (χ1v) is 5.81. The zero-order chi connectivity index (χ0) is 11.8. The van der Waals surface area contributed by atoms with Crippen molar-refractivity contribution in [3.8, 4) is 0 Å². The SMILES string of the molecule is O=C(NC1CC2CCC1O2)c1cccc(F)n1. The normalized spacial score (nSPS) is 30.5. The van der Waals surface area contributed by atoms with Crippen LogP contribution in [0.1, 0.15) is 29.8 Å². The second kappa shape index (κ2) is 4.07. The molecular weight excluding hydrogens is 223 g/mol. The van der Waals surface area contributed by atoms with Crippen molar-refractivity contribution >= 4 is 5.91 Å². The molecule has 0 aliphatic carbocycles. The lowest BCUT2D eigenvalue weighted by atomic mass is 9.95. The molecule has 3 atom stereocenters. The van der Waals surface area contributed by atoms with Gasteiger partial charge in [-0.3, -0.25) is 4.79 Å². The Morgan fingerprint density at radius 1 is 1.47 bits per heavy atom. The van der Waals surface area contributed by atoms with Gasteiger partial charge >= 0.3 is 0 Å². The summed E-state index contributed by atoms with van der Waals surface area (Å²) in [6.45, 7) is 0. The number of fused-ring (bicyclic) bond motifs is 2. The van der Waals surface area contributed by atoms with Gasteiger partial charge in [0.15, 0.2) is 0 Å². The van der Waals surface area contributed by atoms with E-state index in [9.17, 15) is 9.18 Å². The van der Waals surface area contributed by atoms with E-state index in [2.05, 4.69) is 10.3 Å². The number of carbonyl (C=O) groups is 1. The van der Waals surface area contributed by atoms with Crippen LogP contribution in [0.25, 0.3) is 0 Å². The Kier molecular flexibility index (Phi) is 2.55. The van der Waals surface area contributed by atoms with Crippen molar-refractivity contribution in [2.45, 2.75) is 37.5 Å². The van der Waals surface area contributed by atoms with Crippen LogP contribution < -0.4 is 5.32 Å². The highest BCUT2D eigenvalue weighted by Crippen LogP contribution is 2.34. The Labute approximate surface area is 98.2 Å². The minimum atomic E-state index is -0.637. The molecule has 0 spiro atoms. The number of hydrogen-bond acceptors (Lipinski definition) is 3. The number of halogens is 1. The molecule has 0 aromatic carbocycles. The van der Waals surface area contributed by atoms with E-state index in [1.807, 2.05) is 0 Å². The summed E-state index contributed by atoms with van der Waals surface area (Å²) >= 11 is 0. The first-order valence-electron chi connectivity index (χ1n) is 5.81. The Balaban J connectivity index is 1.68. The van der Waals surface area contributed by atoms with Crippen LogP contribution in [0.2, 0.25) is 0 Å². The van der Waals surface area contributed by atoms with Crippen molar-refractivity contribution in [2.75, 3.05) is 0 Å². The highest BCUT2D eigenvalue weighted by atomic mass is 19.1. The molecule has 1 aromatic heterocycles. The van der Waals surface area contributed by atoms with E-state index in [0.29, 0.717) is 0 Å². The molecule has 2 bridgehead atoms. The van der Waals surface area contributed by atoms with Crippen molar-refractivity contribution in [3.05, 3.63) is 29.8 Å². The van der Waals surface area contributed by atoms with Crippen LogP contribution in [0.4, 0.5) is 4.39 Å². The van der Waals surface area contributed by atoms with Gasteiger partial charge < -0.3 is 10.1 Å². The standard InChI is InChI=1S/C12H13FN2O2/c13-11-3-1-2-8(14-11)12(16)15-9-6-7-4-5-10(9)17-7/h1-3,7,9-10H,4-6H2,(H,15,16). The van der Waals surface area contributed by atoms with E-state index in [4.69, 9.17) is 4.74 Å². The number of pyridine rings is 1. The van der Waals surface area contributed by atoms with Crippen molar-refractivity contribution in [3.63, 3.8) is 0 Å². The minimum Gasteiger partial charge on any atom is -0.373 e. The lowest BCUT2D eigenvalue weighted by Gasteiger charge is -2.19. The van der Waals surface area contributed by atoms with Gasteiger partial charge in [-0.2, -0.15) is 4.39 Å². The van der Waals surface area contributed by atoms with E-state index in [1.54, 1.807) is 0 Å². The first-order chi connectivity index (χ1) is 8.22. The highest BCUT2D eigenvalue weighted by Gasteiger charge is 2.41. The van der Waals surface area contributed by atoms with Crippen molar-refractivity contribution < 1.29 is 13.9 Å². The van der Waals surface area contributed by atoms with Crippen LogP contribution in [-0.2, 0) is 4.74 Å². The number of carbonyl (C=O) groups excluding carboxylic acids is 1. The summed E-state index contributed by atoms with van der Waals surface area (Å²) in [5.41, 5.74) is 0.118. The molecule has 1 aromatic rings. The summed E-state index contributed by atoms with van der Waals surface area (Å²) in [6, 6.07) is 4.25. The fourth-order valence-electron chi connectivity index (χ4n) is 2.57. The molecule has 3 unspecified atom stereocenters. The van der Waals surface area contributed by atoms with Gasteiger partial charge in [0.25, 0.3) is 5.91 Å². The minimum absolute atomic E-state index is 0.0475.